The summed E-state index contributed by atoms with van der Waals surface area (Å²) in [7, 11) is 0. The maximum Gasteiger partial charge on any atom is 0.167 e. The van der Waals surface area contributed by atoms with Gasteiger partial charge < -0.3 is 5.32 Å². The fraction of sp³-hybridized carbons (Fsp3) is 0.929. The van der Waals surface area contributed by atoms with E-state index in [0.717, 1.165) is 18.9 Å². The minimum absolute atomic E-state index is 0.209. The summed E-state index contributed by atoms with van der Waals surface area (Å²) in [6.45, 7) is 13.1. The summed E-state index contributed by atoms with van der Waals surface area (Å²) in [5.74, 6) is 2.30. The highest BCUT2D eigenvalue weighted by Crippen LogP contribution is 2.53. The van der Waals surface area contributed by atoms with E-state index in [2.05, 4.69) is 55.5 Å². The lowest BCUT2D eigenvalue weighted by atomic mass is 9.92. The summed E-state index contributed by atoms with van der Waals surface area (Å²) < 4.78 is 2.00. The van der Waals surface area contributed by atoms with Gasteiger partial charge in [0.25, 0.3) is 0 Å². The van der Waals surface area contributed by atoms with E-state index in [1.165, 1.54) is 12.8 Å². The van der Waals surface area contributed by atoms with Crippen LogP contribution in [0.4, 0.5) is 0 Å². The molecule has 1 aliphatic carbocycles. The van der Waals surface area contributed by atoms with Crippen molar-refractivity contribution in [3.63, 3.8) is 0 Å². The van der Waals surface area contributed by atoms with Crippen molar-refractivity contribution in [1.82, 2.24) is 25.5 Å². The van der Waals surface area contributed by atoms with E-state index < -0.39 is 0 Å². The molecule has 19 heavy (non-hydrogen) atoms. The van der Waals surface area contributed by atoms with Crippen molar-refractivity contribution in [2.75, 3.05) is 6.54 Å². The van der Waals surface area contributed by atoms with Crippen LogP contribution in [0.15, 0.2) is 0 Å². The minimum Gasteiger partial charge on any atom is -0.307 e. The van der Waals surface area contributed by atoms with Crippen LogP contribution in [0, 0.1) is 17.3 Å². The smallest absolute Gasteiger partial charge is 0.167 e. The average molecular weight is 265 g/mol. The quantitative estimate of drug-likeness (QED) is 0.822. The largest absolute Gasteiger partial charge is 0.307 e. The first kappa shape index (κ1) is 14.4. The number of hydrogen-bond donors (Lipinski definition) is 1. The Labute approximate surface area is 116 Å². The summed E-state index contributed by atoms with van der Waals surface area (Å²) in [6.07, 6.45) is 2.61. The van der Waals surface area contributed by atoms with Crippen LogP contribution in [-0.4, -0.2) is 26.8 Å². The SMILES string of the molecule is CC(C)CNC(C)c1nnnn1CC1(C(C)C)CC1. The molecule has 0 saturated heterocycles. The lowest BCUT2D eigenvalue weighted by Crippen LogP contribution is -2.28. The lowest BCUT2D eigenvalue weighted by Gasteiger charge is -2.21. The van der Waals surface area contributed by atoms with Crippen LogP contribution < -0.4 is 5.32 Å². The number of hydrogen-bond acceptors (Lipinski definition) is 4. The van der Waals surface area contributed by atoms with Gasteiger partial charge in [-0.05, 0) is 54.0 Å². The van der Waals surface area contributed by atoms with E-state index in [0.29, 0.717) is 17.3 Å². The van der Waals surface area contributed by atoms with Crippen molar-refractivity contribution in [1.29, 1.82) is 0 Å². The van der Waals surface area contributed by atoms with Crippen molar-refractivity contribution >= 4 is 0 Å². The van der Waals surface area contributed by atoms with Gasteiger partial charge in [-0.25, -0.2) is 4.68 Å². The minimum atomic E-state index is 0.209. The van der Waals surface area contributed by atoms with Crippen molar-refractivity contribution in [3.8, 4) is 0 Å². The Bertz CT molecular complexity index is 406. The van der Waals surface area contributed by atoms with Crippen LogP contribution in [0.25, 0.3) is 0 Å². The number of tetrazole rings is 1. The molecule has 108 valence electrons. The van der Waals surface area contributed by atoms with Gasteiger partial charge in [0.2, 0.25) is 0 Å². The fourth-order valence-electron chi connectivity index (χ4n) is 2.51. The molecule has 0 aromatic carbocycles. The molecule has 0 radical (unpaired) electrons. The van der Waals surface area contributed by atoms with Crippen LogP contribution in [-0.2, 0) is 6.54 Å². The Morgan fingerprint density at radius 2 is 1.89 bits per heavy atom. The first-order valence-electron chi connectivity index (χ1n) is 7.44. The third kappa shape index (κ3) is 3.32. The number of nitrogens with zero attached hydrogens (tertiary/aromatic N) is 4. The van der Waals surface area contributed by atoms with Gasteiger partial charge in [-0.3, -0.25) is 0 Å². The zero-order valence-electron chi connectivity index (χ0n) is 12.8. The molecule has 5 heteroatoms. The predicted octanol–water partition coefficient (Wildman–Crippen LogP) is 2.42. The van der Waals surface area contributed by atoms with E-state index >= 15 is 0 Å². The highest BCUT2D eigenvalue weighted by Gasteiger charge is 2.46. The number of rotatable bonds is 7. The Hall–Kier alpha value is -0.970. The Balaban J connectivity index is 2.01. The Morgan fingerprint density at radius 3 is 2.42 bits per heavy atom. The zero-order valence-corrected chi connectivity index (χ0v) is 12.8. The van der Waals surface area contributed by atoms with Gasteiger partial charge in [0.15, 0.2) is 5.82 Å². The highest BCUT2D eigenvalue weighted by atomic mass is 15.5. The third-order valence-electron chi connectivity index (χ3n) is 4.36. The van der Waals surface area contributed by atoms with Crippen LogP contribution in [0.2, 0.25) is 0 Å². The molecule has 1 aliphatic rings. The van der Waals surface area contributed by atoms with Crippen LogP contribution in [0.1, 0.15) is 59.3 Å². The molecule has 0 spiro atoms. The van der Waals surface area contributed by atoms with Crippen molar-refractivity contribution < 1.29 is 0 Å². The molecule has 1 saturated carbocycles. The van der Waals surface area contributed by atoms with Gasteiger partial charge in [0.1, 0.15) is 0 Å². The van der Waals surface area contributed by atoms with Gasteiger partial charge >= 0.3 is 0 Å². The zero-order chi connectivity index (χ0) is 14.0. The Kier molecular flexibility index (Phi) is 4.23. The summed E-state index contributed by atoms with van der Waals surface area (Å²) in [6, 6.07) is 0.209. The maximum absolute atomic E-state index is 4.20. The fourth-order valence-corrected chi connectivity index (χ4v) is 2.51. The summed E-state index contributed by atoms with van der Waals surface area (Å²) in [5.41, 5.74) is 0.432. The van der Waals surface area contributed by atoms with Gasteiger partial charge in [-0.2, -0.15) is 0 Å². The first-order valence-corrected chi connectivity index (χ1v) is 7.44. The Morgan fingerprint density at radius 1 is 1.21 bits per heavy atom. The molecule has 1 heterocycles. The molecular weight excluding hydrogens is 238 g/mol. The lowest BCUT2D eigenvalue weighted by molar-refractivity contribution is 0.283. The molecule has 0 aliphatic heterocycles. The van der Waals surface area contributed by atoms with Gasteiger partial charge in [0, 0.05) is 0 Å². The molecule has 0 bridgehead atoms. The molecule has 2 rings (SSSR count). The molecule has 1 atom stereocenters. The summed E-state index contributed by atoms with van der Waals surface area (Å²) in [4.78, 5) is 0. The molecule has 1 fully saturated rings. The standard InChI is InChI=1S/C14H27N5/c1-10(2)8-15-12(5)13-16-17-18-19(13)9-14(6-7-14)11(3)4/h10-12,15H,6-9H2,1-5H3. The van der Waals surface area contributed by atoms with Crippen molar-refractivity contribution in [3.05, 3.63) is 5.82 Å². The second-order valence-corrected chi connectivity index (χ2v) is 6.74. The molecule has 1 aromatic heterocycles. The molecule has 0 amide bonds. The van der Waals surface area contributed by atoms with E-state index in [1.54, 1.807) is 0 Å². The molecule has 1 unspecified atom stereocenters. The highest BCUT2D eigenvalue weighted by molar-refractivity contribution is 4.98. The third-order valence-corrected chi connectivity index (χ3v) is 4.36. The normalized spacial score (nSPS) is 19.1. The van der Waals surface area contributed by atoms with Gasteiger partial charge in [0.05, 0.1) is 12.6 Å². The molecular formula is C14H27N5. The monoisotopic (exact) mass is 265 g/mol. The van der Waals surface area contributed by atoms with Crippen molar-refractivity contribution in [2.45, 2.75) is 60.0 Å². The molecule has 1 aromatic rings. The van der Waals surface area contributed by atoms with E-state index in [9.17, 15) is 0 Å². The second-order valence-electron chi connectivity index (χ2n) is 6.74. The summed E-state index contributed by atoms with van der Waals surface area (Å²) in [5, 5.41) is 15.8. The number of aromatic nitrogens is 4. The second kappa shape index (κ2) is 5.57. The van der Waals surface area contributed by atoms with Crippen LogP contribution >= 0.6 is 0 Å². The molecule has 1 N–H and O–H groups in total. The maximum atomic E-state index is 4.20. The number of nitrogens with one attached hydrogen (secondary N) is 1. The average Bonchev–Trinajstić information content (AvgIpc) is 2.98. The van der Waals surface area contributed by atoms with Gasteiger partial charge in [-0.1, -0.05) is 27.7 Å². The molecule has 5 nitrogen and oxygen atoms in total. The van der Waals surface area contributed by atoms with E-state index in [4.69, 9.17) is 0 Å². The van der Waals surface area contributed by atoms with Crippen LogP contribution in [0.5, 0.6) is 0 Å². The van der Waals surface area contributed by atoms with Crippen LogP contribution in [0.3, 0.4) is 0 Å². The van der Waals surface area contributed by atoms with E-state index in [-0.39, 0.29) is 6.04 Å². The van der Waals surface area contributed by atoms with E-state index in [1.807, 2.05) is 4.68 Å². The van der Waals surface area contributed by atoms with Gasteiger partial charge in [-0.15, -0.1) is 5.10 Å². The topological polar surface area (TPSA) is 55.6 Å². The predicted molar refractivity (Wildman–Crippen MR) is 75.6 cm³/mol. The van der Waals surface area contributed by atoms with Crippen molar-refractivity contribution in [2.24, 2.45) is 17.3 Å². The summed E-state index contributed by atoms with van der Waals surface area (Å²) >= 11 is 0. The first-order chi connectivity index (χ1) is 8.94.